The smallest absolute Gasteiger partial charge is 0.243 e. The van der Waals surface area contributed by atoms with E-state index in [9.17, 15) is 13.2 Å². The van der Waals surface area contributed by atoms with E-state index in [0.29, 0.717) is 18.2 Å². The van der Waals surface area contributed by atoms with Gasteiger partial charge >= 0.3 is 0 Å². The predicted molar refractivity (Wildman–Crippen MR) is 95.2 cm³/mol. The van der Waals surface area contributed by atoms with E-state index in [0.717, 1.165) is 23.4 Å². The fourth-order valence-electron chi connectivity index (χ4n) is 2.60. The molecule has 1 aromatic rings. The monoisotopic (exact) mass is 394 g/mol. The van der Waals surface area contributed by atoms with Crippen LogP contribution < -0.4 is 9.62 Å². The highest BCUT2D eigenvalue weighted by Crippen LogP contribution is 2.32. The summed E-state index contributed by atoms with van der Waals surface area (Å²) in [6.45, 7) is 2.54. The minimum absolute atomic E-state index is 0.0254. The van der Waals surface area contributed by atoms with Gasteiger partial charge in [0.15, 0.2) is 0 Å². The number of rotatable bonds is 6. The van der Waals surface area contributed by atoms with Crippen LogP contribution in [0.2, 0.25) is 10.0 Å². The van der Waals surface area contributed by atoms with E-state index in [2.05, 4.69) is 5.32 Å². The lowest BCUT2D eigenvalue weighted by Crippen LogP contribution is -2.49. The molecular weight excluding hydrogens is 375 g/mol. The normalized spacial score (nSPS) is 19.1. The first-order valence-electron chi connectivity index (χ1n) is 7.54. The summed E-state index contributed by atoms with van der Waals surface area (Å²) >= 11 is 12.1. The molecule has 1 N–H and O–H groups in total. The molecular formula is C15H20Cl2N2O4S. The summed E-state index contributed by atoms with van der Waals surface area (Å²) < 4.78 is 30.9. The molecule has 0 saturated carbocycles. The van der Waals surface area contributed by atoms with E-state index in [1.165, 1.54) is 19.1 Å². The van der Waals surface area contributed by atoms with Crippen molar-refractivity contribution in [2.75, 3.05) is 23.7 Å². The Morgan fingerprint density at radius 2 is 2.17 bits per heavy atom. The van der Waals surface area contributed by atoms with Crippen LogP contribution in [0.5, 0.6) is 0 Å². The quantitative estimate of drug-likeness (QED) is 0.803. The third kappa shape index (κ3) is 4.75. The number of hydrogen-bond acceptors (Lipinski definition) is 4. The van der Waals surface area contributed by atoms with Gasteiger partial charge in [0.05, 0.1) is 23.1 Å². The molecule has 1 aliphatic heterocycles. The van der Waals surface area contributed by atoms with E-state index in [4.69, 9.17) is 27.9 Å². The summed E-state index contributed by atoms with van der Waals surface area (Å²) in [6.07, 6.45) is 2.84. The lowest BCUT2D eigenvalue weighted by molar-refractivity contribution is -0.122. The van der Waals surface area contributed by atoms with Gasteiger partial charge in [-0.05, 0) is 38.0 Å². The highest BCUT2D eigenvalue weighted by molar-refractivity contribution is 7.92. The molecule has 134 valence electrons. The lowest BCUT2D eigenvalue weighted by atomic mass is 10.2. The van der Waals surface area contributed by atoms with Gasteiger partial charge in [0.1, 0.15) is 6.04 Å². The number of ether oxygens (including phenoxy) is 1. The Morgan fingerprint density at radius 3 is 2.75 bits per heavy atom. The fraction of sp³-hybridized carbons (Fsp3) is 0.533. The molecule has 6 nitrogen and oxygen atoms in total. The molecule has 0 radical (unpaired) electrons. The molecule has 0 unspecified atom stereocenters. The van der Waals surface area contributed by atoms with Crippen LogP contribution in [0.4, 0.5) is 5.69 Å². The lowest BCUT2D eigenvalue weighted by Gasteiger charge is -2.29. The van der Waals surface area contributed by atoms with Crippen molar-refractivity contribution in [3.63, 3.8) is 0 Å². The van der Waals surface area contributed by atoms with Gasteiger partial charge in [0.2, 0.25) is 15.9 Å². The van der Waals surface area contributed by atoms with Crippen molar-refractivity contribution in [1.29, 1.82) is 0 Å². The van der Waals surface area contributed by atoms with Gasteiger partial charge in [-0.15, -0.1) is 0 Å². The van der Waals surface area contributed by atoms with E-state index in [1.54, 1.807) is 6.07 Å². The largest absolute Gasteiger partial charge is 0.376 e. The number of halogens is 2. The minimum atomic E-state index is -3.74. The molecule has 9 heteroatoms. The van der Waals surface area contributed by atoms with Crippen molar-refractivity contribution in [3.8, 4) is 0 Å². The molecule has 1 aromatic carbocycles. The van der Waals surface area contributed by atoms with E-state index in [-0.39, 0.29) is 16.8 Å². The van der Waals surface area contributed by atoms with Crippen LogP contribution in [-0.4, -0.2) is 45.9 Å². The molecule has 0 spiro atoms. The molecule has 24 heavy (non-hydrogen) atoms. The molecule has 2 atom stereocenters. The average Bonchev–Trinajstić information content (AvgIpc) is 3.00. The van der Waals surface area contributed by atoms with Gasteiger partial charge in [0.25, 0.3) is 0 Å². The molecule has 1 heterocycles. The third-order valence-corrected chi connectivity index (χ3v) is 5.54. The molecule has 0 aliphatic carbocycles. The molecule has 1 saturated heterocycles. The molecule has 1 fully saturated rings. The molecule has 1 aliphatic rings. The van der Waals surface area contributed by atoms with E-state index < -0.39 is 22.0 Å². The third-order valence-electron chi connectivity index (χ3n) is 3.76. The molecule has 1 amide bonds. The van der Waals surface area contributed by atoms with Gasteiger partial charge in [-0.2, -0.15) is 0 Å². The first-order chi connectivity index (χ1) is 11.2. The second-order valence-corrected chi connectivity index (χ2v) is 8.41. The van der Waals surface area contributed by atoms with Crippen LogP contribution in [0.3, 0.4) is 0 Å². The maximum Gasteiger partial charge on any atom is 0.243 e. The summed E-state index contributed by atoms with van der Waals surface area (Å²) in [5.41, 5.74) is 0.173. The van der Waals surface area contributed by atoms with Crippen molar-refractivity contribution in [2.24, 2.45) is 0 Å². The van der Waals surface area contributed by atoms with Gasteiger partial charge in [0, 0.05) is 18.2 Å². The Kier molecular flexibility index (Phi) is 6.36. The highest BCUT2D eigenvalue weighted by atomic mass is 35.5. The van der Waals surface area contributed by atoms with Crippen LogP contribution >= 0.6 is 23.2 Å². The molecule has 0 bridgehead atoms. The first-order valence-corrected chi connectivity index (χ1v) is 10.1. The summed E-state index contributed by atoms with van der Waals surface area (Å²) in [6, 6.07) is 3.50. The van der Waals surface area contributed by atoms with Crippen LogP contribution in [0.1, 0.15) is 19.8 Å². The second-order valence-electron chi connectivity index (χ2n) is 5.71. The number of anilines is 1. The number of nitrogens with zero attached hydrogens (tertiary/aromatic N) is 1. The minimum Gasteiger partial charge on any atom is -0.376 e. The maximum atomic E-state index is 12.4. The number of carbonyl (C=O) groups is 1. The Labute approximate surface area is 152 Å². The van der Waals surface area contributed by atoms with Crippen molar-refractivity contribution in [2.45, 2.75) is 31.9 Å². The standard InChI is InChI=1S/C15H20Cl2N2O4S/c1-10(15(20)18-9-12-4-3-7-23-12)19(24(2,21)22)14-8-11(16)5-6-13(14)17/h5-6,8,10,12H,3-4,7,9H2,1-2H3,(H,18,20)/t10-,12-/m1/s1. The van der Waals surface area contributed by atoms with Crippen molar-refractivity contribution in [1.82, 2.24) is 5.32 Å². The molecule has 0 aromatic heterocycles. The number of sulfonamides is 1. The van der Waals surface area contributed by atoms with Crippen LogP contribution in [-0.2, 0) is 19.6 Å². The molecule has 2 rings (SSSR count). The van der Waals surface area contributed by atoms with Crippen molar-refractivity contribution < 1.29 is 17.9 Å². The fourth-order valence-corrected chi connectivity index (χ4v) is 4.21. The number of carbonyl (C=O) groups excluding carboxylic acids is 1. The topological polar surface area (TPSA) is 75.7 Å². The van der Waals surface area contributed by atoms with Crippen LogP contribution in [0.15, 0.2) is 18.2 Å². The number of hydrogen-bond donors (Lipinski definition) is 1. The Balaban J connectivity index is 2.20. The van der Waals surface area contributed by atoms with Crippen molar-refractivity contribution in [3.05, 3.63) is 28.2 Å². The highest BCUT2D eigenvalue weighted by Gasteiger charge is 2.31. The van der Waals surface area contributed by atoms with Gasteiger partial charge in [-0.1, -0.05) is 23.2 Å². The van der Waals surface area contributed by atoms with E-state index >= 15 is 0 Å². The summed E-state index contributed by atoms with van der Waals surface area (Å²) in [4.78, 5) is 12.4. The second kappa shape index (κ2) is 7.91. The summed E-state index contributed by atoms with van der Waals surface area (Å²) in [5, 5.41) is 3.26. The summed E-state index contributed by atoms with van der Waals surface area (Å²) in [7, 11) is -3.74. The Morgan fingerprint density at radius 1 is 1.46 bits per heavy atom. The van der Waals surface area contributed by atoms with Gasteiger partial charge in [-0.25, -0.2) is 8.42 Å². The average molecular weight is 395 g/mol. The SMILES string of the molecule is C[C@H](C(=O)NC[C@H]1CCCO1)N(c1cc(Cl)ccc1Cl)S(C)(=O)=O. The van der Waals surface area contributed by atoms with E-state index in [1.807, 2.05) is 0 Å². The summed E-state index contributed by atoms with van der Waals surface area (Å²) in [5.74, 6) is -0.424. The number of amides is 1. The zero-order valence-corrected chi connectivity index (χ0v) is 15.8. The number of nitrogens with one attached hydrogen (secondary N) is 1. The first kappa shape index (κ1) is 19.3. The van der Waals surface area contributed by atoms with Gasteiger partial charge in [-0.3, -0.25) is 9.10 Å². The van der Waals surface area contributed by atoms with Gasteiger partial charge < -0.3 is 10.1 Å². The Bertz CT molecular complexity index is 705. The zero-order chi connectivity index (χ0) is 17.9. The predicted octanol–water partition coefficient (Wildman–Crippen LogP) is 2.44. The Hall–Kier alpha value is -1.02. The van der Waals surface area contributed by atoms with Crippen molar-refractivity contribution >= 4 is 44.8 Å². The van der Waals surface area contributed by atoms with Crippen LogP contribution in [0.25, 0.3) is 0 Å². The number of benzene rings is 1. The van der Waals surface area contributed by atoms with Crippen LogP contribution in [0, 0.1) is 0 Å². The zero-order valence-electron chi connectivity index (χ0n) is 13.5. The maximum absolute atomic E-state index is 12.4.